The average molecular weight is 524 g/mol. The van der Waals surface area contributed by atoms with E-state index in [4.69, 9.17) is 23.7 Å². The number of hydrogen-bond acceptors (Lipinski definition) is 8. The van der Waals surface area contributed by atoms with Crippen molar-refractivity contribution in [3.63, 3.8) is 0 Å². The van der Waals surface area contributed by atoms with Crippen LogP contribution in [0.4, 0.5) is 0 Å². The van der Waals surface area contributed by atoms with Crippen LogP contribution in [0.3, 0.4) is 0 Å². The Morgan fingerprint density at radius 2 is 1.78 bits per heavy atom. The van der Waals surface area contributed by atoms with Gasteiger partial charge in [-0.25, -0.2) is 0 Å². The third-order valence-corrected chi connectivity index (χ3v) is 6.48. The lowest BCUT2D eigenvalue weighted by molar-refractivity contribution is -0.166. The van der Waals surface area contributed by atoms with Crippen LogP contribution in [0.1, 0.15) is 84.0 Å². The Morgan fingerprint density at radius 1 is 1.03 bits per heavy atom. The van der Waals surface area contributed by atoms with Gasteiger partial charge in [0.05, 0.1) is 26.4 Å². The van der Waals surface area contributed by atoms with Crippen LogP contribution >= 0.6 is 0 Å². The van der Waals surface area contributed by atoms with Gasteiger partial charge in [-0.2, -0.15) is 0 Å². The van der Waals surface area contributed by atoms with Crippen molar-refractivity contribution in [3.05, 3.63) is 24.3 Å². The van der Waals surface area contributed by atoms with Crippen molar-refractivity contribution in [2.24, 2.45) is 0 Å². The lowest BCUT2D eigenvalue weighted by Crippen LogP contribution is -2.38. The van der Waals surface area contributed by atoms with Gasteiger partial charge in [0.15, 0.2) is 6.29 Å². The Morgan fingerprint density at radius 3 is 2.49 bits per heavy atom. The molecule has 1 aliphatic rings. The maximum Gasteiger partial charge on any atom is 0.305 e. The number of esters is 1. The minimum Gasteiger partial charge on any atom is -0.494 e. The van der Waals surface area contributed by atoms with Crippen molar-refractivity contribution < 1.29 is 33.6 Å². The van der Waals surface area contributed by atoms with E-state index in [0.29, 0.717) is 26.0 Å². The normalized spacial score (nSPS) is 17.2. The van der Waals surface area contributed by atoms with Gasteiger partial charge in [0, 0.05) is 19.1 Å². The first-order valence-electron chi connectivity index (χ1n) is 14.2. The molecule has 0 radical (unpaired) electrons. The summed E-state index contributed by atoms with van der Waals surface area (Å²) in [6, 6.07) is 7.74. The van der Waals surface area contributed by atoms with Crippen LogP contribution in [0.2, 0.25) is 0 Å². The summed E-state index contributed by atoms with van der Waals surface area (Å²) in [6.45, 7) is 5.14. The molecule has 1 heterocycles. The minimum atomic E-state index is -0.561. The number of unbranched alkanes of at least 4 members (excludes halogenated alkanes) is 4. The van der Waals surface area contributed by atoms with E-state index >= 15 is 0 Å². The number of benzene rings is 1. The molecule has 0 amide bonds. The van der Waals surface area contributed by atoms with Gasteiger partial charge in [0.25, 0.3) is 0 Å². The van der Waals surface area contributed by atoms with E-state index < -0.39 is 6.10 Å². The summed E-state index contributed by atoms with van der Waals surface area (Å²) < 4.78 is 27.9. The van der Waals surface area contributed by atoms with Gasteiger partial charge in [0.2, 0.25) is 0 Å². The number of methoxy groups -OCH3 is 1. The van der Waals surface area contributed by atoms with E-state index in [1.165, 1.54) is 7.11 Å². The first-order chi connectivity index (χ1) is 18.1. The Hall–Kier alpha value is -1.87. The summed E-state index contributed by atoms with van der Waals surface area (Å²) in [7, 11) is 1.43. The summed E-state index contributed by atoms with van der Waals surface area (Å²) in [5.74, 6) is 1.41. The second-order valence-corrected chi connectivity index (χ2v) is 9.74. The van der Waals surface area contributed by atoms with Crippen molar-refractivity contribution in [2.75, 3.05) is 40.1 Å². The fraction of sp³-hybridized carbons (Fsp3) is 0.759. The zero-order chi connectivity index (χ0) is 26.6. The molecule has 1 saturated heterocycles. The number of carbonyl (C=O) groups is 1. The molecule has 3 atom stereocenters. The number of hydrogen-bond donors (Lipinski definition) is 2. The molecule has 0 spiro atoms. The molecule has 1 fully saturated rings. The van der Waals surface area contributed by atoms with Gasteiger partial charge in [-0.1, -0.05) is 32.6 Å². The number of aliphatic hydroxyl groups is 1. The van der Waals surface area contributed by atoms with Crippen LogP contribution < -0.4 is 14.8 Å². The highest BCUT2D eigenvalue weighted by Gasteiger charge is 2.17. The maximum absolute atomic E-state index is 11.3. The highest BCUT2D eigenvalue weighted by atomic mass is 16.7. The first kappa shape index (κ1) is 31.3. The molecule has 37 heavy (non-hydrogen) atoms. The predicted octanol–water partition coefficient (Wildman–Crippen LogP) is 5.01. The molecule has 0 bridgehead atoms. The number of carbonyl (C=O) groups excluding carboxylic acids is 1. The third-order valence-electron chi connectivity index (χ3n) is 6.48. The molecule has 2 N–H and O–H groups in total. The molecule has 1 aromatic carbocycles. The zero-order valence-corrected chi connectivity index (χ0v) is 23.0. The van der Waals surface area contributed by atoms with Crippen molar-refractivity contribution in [1.82, 2.24) is 5.32 Å². The summed E-state index contributed by atoms with van der Waals surface area (Å²) in [5, 5.41) is 14.0. The van der Waals surface area contributed by atoms with Crippen molar-refractivity contribution in [2.45, 2.75) is 102 Å². The van der Waals surface area contributed by atoms with Crippen LogP contribution in [-0.4, -0.2) is 69.6 Å². The largest absolute Gasteiger partial charge is 0.494 e. The van der Waals surface area contributed by atoms with Crippen molar-refractivity contribution in [1.29, 1.82) is 0 Å². The van der Waals surface area contributed by atoms with Crippen LogP contribution in [0.15, 0.2) is 24.3 Å². The van der Waals surface area contributed by atoms with Gasteiger partial charge in [-0.05, 0) is 75.8 Å². The molecule has 8 nitrogen and oxygen atoms in total. The molecule has 1 aliphatic heterocycles. The topological polar surface area (TPSA) is 95.5 Å². The Bertz CT molecular complexity index is 694. The van der Waals surface area contributed by atoms with E-state index in [9.17, 15) is 9.90 Å². The summed E-state index contributed by atoms with van der Waals surface area (Å²) in [6.07, 6.45) is 10.7. The number of aliphatic hydroxyl groups excluding tert-OH is 1. The van der Waals surface area contributed by atoms with E-state index in [-0.39, 0.29) is 24.9 Å². The monoisotopic (exact) mass is 523 g/mol. The van der Waals surface area contributed by atoms with Crippen molar-refractivity contribution in [3.8, 4) is 11.5 Å². The Balaban J connectivity index is 1.65. The second kappa shape index (κ2) is 20.1. The lowest BCUT2D eigenvalue weighted by atomic mass is 10.1. The molecule has 1 aromatic rings. The molecule has 0 aromatic heterocycles. The fourth-order valence-electron chi connectivity index (χ4n) is 4.12. The molecule has 8 heteroatoms. The molecule has 3 unspecified atom stereocenters. The van der Waals surface area contributed by atoms with Gasteiger partial charge >= 0.3 is 5.97 Å². The molecule has 0 aliphatic carbocycles. The van der Waals surface area contributed by atoms with Crippen LogP contribution in [0, 0.1) is 0 Å². The summed E-state index contributed by atoms with van der Waals surface area (Å²) in [4.78, 5) is 11.3. The number of rotatable bonds is 21. The number of ether oxygens (including phenoxy) is 5. The summed E-state index contributed by atoms with van der Waals surface area (Å²) in [5.41, 5.74) is 0. The lowest BCUT2D eigenvalue weighted by Gasteiger charge is -2.26. The van der Waals surface area contributed by atoms with Gasteiger partial charge in [0.1, 0.15) is 18.1 Å². The Kier molecular flexibility index (Phi) is 17.1. The highest BCUT2D eigenvalue weighted by Crippen LogP contribution is 2.18. The molecule has 212 valence electrons. The SMILES string of the molecule is CCCCOc1ccc(OCC(O)CCNC(CCCCCCC(=O)OC)COC2CCCCO2)cc1. The maximum atomic E-state index is 11.3. The van der Waals surface area contributed by atoms with E-state index in [2.05, 4.69) is 12.2 Å². The first-order valence-corrected chi connectivity index (χ1v) is 14.2. The van der Waals surface area contributed by atoms with Gasteiger partial charge < -0.3 is 34.1 Å². The quantitative estimate of drug-likeness (QED) is 0.172. The average Bonchev–Trinajstić information content (AvgIpc) is 2.93. The van der Waals surface area contributed by atoms with Gasteiger partial charge in [-0.3, -0.25) is 4.79 Å². The standard InChI is InChI=1S/C29H49NO7/c1-3-4-20-34-26-14-16-27(17-15-26)36-23-25(31)18-19-30-24(22-37-29-13-9-10-21-35-29)11-7-5-6-8-12-28(32)33-2/h14-17,24-25,29-31H,3-13,18-23H2,1-2H3. The predicted molar refractivity (Wildman–Crippen MR) is 144 cm³/mol. The molecule has 0 saturated carbocycles. The smallest absolute Gasteiger partial charge is 0.305 e. The number of nitrogens with one attached hydrogen (secondary N) is 1. The zero-order valence-electron chi connectivity index (χ0n) is 23.0. The molecular weight excluding hydrogens is 474 g/mol. The minimum absolute atomic E-state index is 0.111. The molecule has 2 rings (SSSR count). The van der Waals surface area contributed by atoms with Crippen molar-refractivity contribution >= 4 is 5.97 Å². The second-order valence-electron chi connectivity index (χ2n) is 9.74. The third kappa shape index (κ3) is 15.2. The van der Waals surface area contributed by atoms with E-state index in [0.717, 1.165) is 88.9 Å². The van der Waals surface area contributed by atoms with Crippen LogP contribution in [-0.2, 0) is 19.0 Å². The van der Waals surface area contributed by atoms with Gasteiger partial charge in [-0.15, -0.1) is 0 Å². The van der Waals surface area contributed by atoms with E-state index in [1.807, 2.05) is 24.3 Å². The van der Waals surface area contributed by atoms with Crippen LogP contribution in [0.25, 0.3) is 0 Å². The van der Waals surface area contributed by atoms with Crippen LogP contribution in [0.5, 0.6) is 11.5 Å². The molecular formula is C29H49NO7. The highest BCUT2D eigenvalue weighted by molar-refractivity contribution is 5.68. The fourth-order valence-corrected chi connectivity index (χ4v) is 4.12. The Labute approximate surface area is 223 Å². The summed E-state index contributed by atoms with van der Waals surface area (Å²) >= 11 is 0. The van der Waals surface area contributed by atoms with E-state index in [1.54, 1.807) is 0 Å².